The van der Waals surface area contributed by atoms with Crippen molar-refractivity contribution in [3.05, 3.63) is 35.9 Å². The first kappa shape index (κ1) is 14.7. The van der Waals surface area contributed by atoms with Gasteiger partial charge in [0.05, 0.1) is 13.0 Å². The number of aryl methyl sites for hydroxylation is 1. The fraction of sp³-hybridized carbons (Fsp3) is 0.429. The summed E-state index contributed by atoms with van der Waals surface area (Å²) in [5.41, 5.74) is 0.925. The predicted molar refractivity (Wildman–Crippen MR) is 77.2 cm³/mol. The number of halogens is 1. The van der Waals surface area contributed by atoms with Crippen LogP contribution in [0.25, 0.3) is 0 Å². The highest BCUT2D eigenvalue weighted by molar-refractivity contribution is 6.17. The topological polar surface area (TPSA) is 49.2 Å². The number of aromatic nitrogens is 3. The lowest BCUT2D eigenvalue weighted by molar-refractivity contribution is 0.282. The summed E-state index contributed by atoms with van der Waals surface area (Å²) in [7, 11) is 1.62. The number of benzene rings is 1. The molecule has 20 heavy (non-hydrogen) atoms. The number of alkyl halides is 1. The van der Waals surface area contributed by atoms with Crippen LogP contribution in [-0.4, -0.2) is 21.9 Å². The minimum absolute atomic E-state index is 0.358. The first-order valence-corrected chi connectivity index (χ1v) is 7.04. The summed E-state index contributed by atoms with van der Waals surface area (Å²) in [6, 6.07) is 5.60. The van der Waals surface area contributed by atoms with Crippen molar-refractivity contribution in [2.24, 2.45) is 0 Å². The Morgan fingerprint density at radius 1 is 1.35 bits per heavy atom. The van der Waals surface area contributed by atoms with Crippen molar-refractivity contribution in [1.82, 2.24) is 14.8 Å². The maximum absolute atomic E-state index is 5.92. The van der Waals surface area contributed by atoms with Gasteiger partial charge in [-0.2, -0.15) is 5.10 Å². The third-order valence-electron chi connectivity index (χ3n) is 2.91. The van der Waals surface area contributed by atoms with Crippen LogP contribution >= 0.6 is 11.6 Å². The maximum Gasteiger partial charge on any atom is 0.164 e. The largest absolute Gasteiger partial charge is 0.497 e. The van der Waals surface area contributed by atoms with Gasteiger partial charge in [-0.3, -0.25) is 0 Å². The molecule has 0 radical (unpaired) electrons. The van der Waals surface area contributed by atoms with Gasteiger partial charge in [-0.25, -0.2) is 9.67 Å². The van der Waals surface area contributed by atoms with E-state index in [0.717, 1.165) is 30.1 Å². The minimum Gasteiger partial charge on any atom is -0.497 e. The summed E-state index contributed by atoms with van der Waals surface area (Å²) in [4.78, 5) is 4.21. The van der Waals surface area contributed by atoms with Crippen LogP contribution in [0.4, 0.5) is 0 Å². The number of rotatable bonds is 7. The van der Waals surface area contributed by atoms with E-state index < -0.39 is 0 Å². The van der Waals surface area contributed by atoms with Crippen molar-refractivity contribution in [3.8, 4) is 11.5 Å². The van der Waals surface area contributed by atoms with E-state index in [2.05, 4.69) is 17.0 Å². The number of ether oxygens (including phenoxy) is 2. The summed E-state index contributed by atoms with van der Waals surface area (Å²) in [6.07, 6.45) is 2.55. The second kappa shape index (κ2) is 7.14. The quantitative estimate of drug-likeness (QED) is 0.737. The van der Waals surface area contributed by atoms with Crippen LogP contribution in [0.2, 0.25) is 0 Å². The molecule has 0 saturated heterocycles. The molecule has 0 unspecified atom stereocenters. The van der Waals surface area contributed by atoms with Crippen molar-refractivity contribution in [2.75, 3.05) is 7.11 Å². The van der Waals surface area contributed by atoms with Gasteiger partial charge in [0.1, 0.15) is 24.4 Å². The predicted octanol–water partition coefficient (Wildman–Crippen LogP) is 3.01. The van der Waals surface area contributed by atoms with Gasteiger partial charge in [-0.15, -0.1) is 11.6 Å². The molecule has 1 aromatic heterocycles. The molecule has 6 heteroatoms. The van der Waals surface area contributed by atoms with E-state index in [1.54, 1.807) is 13.4 Å². The molecule has 108 valence electrons. The molecule has 0 aliphatic rings. The van der Waals surface area contributed by atoms with E-state index in [1.165, 1.54) is 0 Å². The van der Waals surface area contributed by atoms with Gasteiger partial charge in [0.25, 0.3) is 0 Å². The van der Waals surface area contributed by atoms with Crippen LogP contribution in [0.5, 0.6) is 11.5 Å². The van der Waals surface area contributed by atoms with Crippen LogP contribution in [0, 0.1) is 0 Å². The smallest absolute Gasteiger partial charge is 0.164 e. The Balaban J connectivity index is 2.11. The van der Waals surface area contributed by atoms with Crippen molar-refractivity contribution in [3.63, 3.8) is 0 Å². The number of methoxy groups -OCH3 is 1. The number of hydrogen-bond donors (Lipinski definition) is 0. The van der Waals surface area contributed by atoms with Crippen LogP contribution in [0.15, 0.2) is 24.5 Å². The summed E-state index contributed by atoms with van der Waals surface area (Å²) in [5, 5.41) is 4.17. The van der Waals surface area contributed by atoms with Crippen LogP contribution in [0.3, 0.4) is 0 Å². The third-order valence-corrected chi connectivity index (χ3v) is 3.19. The molecular weight excluding hydrogens is 278 g/mol. The van der Waals surface area contributed by atoms with Crippen molar-refractivity contribution in [2.45, 2.75) is 32.4 Å². The molecule has 0 spiro atoms. The van der Waals surface area contributed by atoms with Gasteiger partial charge >= 0.3 is 0 Å². The summed E-state index contributed by atoms with van der Waals surface area (Å²) >= 11 is 5.92. The van der Waals surface area contributed by atoms with Crippen LogP contribution in [-0.2, 0) is 19.0 Å². The Labute approximate surface area is 123 Å². The van der Waals surface area contributed by atoms with Crippen LogP contribution in [0.1, 0.15) is 24.7 Å². The molecule has 5 nitrogen and oxygen atoms in total. The van der Waals surface area contributed by atoms with Crippen molar-refractivity contribution >= 4 is 11.6 Å². The lowest BCUT2D eigenvalue weighted by Gasteiger charge is -2.11. The fourth-order valence-corrected chi connectivity index (χ4v) is 2.07. The van der Waals surface area contributed by atoms with E-state index in [0.29, 0.717) is 18.2 Å². The zero-order chi connectivity index (χ0) is 14.4. The first-order valence-electron chi connectivity index (χ1n) is 6.50. The number of nitrogens with zero attached hydrogens (tertiary/aromatic N) is 3. The molecule has 0 fully saturated rings. The molecule has 0 bridgehead atoms. The monoisotopic (exact) mass is 295 g/mol. The summed E-state index contributed by atoms with van der Waals surface area (Å²) in [6.45, 7) is 3.29. The van der Waals surface area contributed by atoms with E-state index in [9.17, 15) is 0 Å². The molecule has 0 aliphatic carbocycles. The molecule has 0 amide bonds. The third kappa shape index (κ3) is 3.42. The lowest BCUT2D eigenvalue weighted by atomic mass is 10.2. The molecular formula is C14H18ClN3O2. The van der Waals surface area contributed by atoms with E-state index in [-0.39, 0.29) is 0 Å². The number of hydrogen-bond acceptors (Lipinski definition) is 4. The van der Waals surface area contributed by atoms with Gasteiger partial charge in [-0.1, -0.05) is 13.0 Å². The molecule has 0 atom stereocenters. The Hall–Kier alpha value is -1.75. The van der Waals surface area contributed by atoms with E-state index >= 15 is 0 Å². The Bertz CT molecular complexity index is 557. The minimum atomic E-state index is 0.358. The zero-order valence-electron chi connectivity index (χ0n) is 11.7. The highest BCUT2D eigenvalue weighted by Crippen LogP contribution is 2.26. The van der Waals surface area contributed by atoms with Gasteiger partial charge in [0, 0.05) is 18.2 Å². The first-order chi connectivity index (χ1) is 9.78. The lowest BCUT2D eigenvalue weighted by Crippen LogP contribution is -2.09. The molecule has 0 aliphatic heterocycles. The normalized spacial score (nSPS) is 10.6. The standard InChI is InChI=1S/C14H18ClN3O2/c1-3-6-18-14(16-10-17-18)9-20-13-7-12(19-2)5-4-11(13)8-15/h4-5,7,10H,3,6,8-9H2,1-2H3. The molecule has 0 saturated carbocycles. The van der Waals surface area contributed by atoms with Gasteiger partial charge in [0.2, 0.25) is 0 Å². The summed E-state index contributed by atoms with van der Waals surface area (Å²) < 4.78 is 12.9. The highest BCUT2D eigenvalue weighted by atomic mass is 35.5. The second-order valence-corrected chi connectivity index (χ2v) is 4.56. The Morgan fingerprint density at radius 2 is 2.20 bits per heavy atom. The van der Waals surface area contributed by atoms with Gasteiger partial charge in [-0.05, 0) is 12.5 Å². The van der Waals surface area contributed by atoms with Crippen LogP contribution < -0.4 is 9.47 Å². The molecule has 2 aromatic rings. The van der Waals surface area contributed by atoms with Crippen molar-refractivity contribution < 1.29 is 9.47 Å². The summed E-state index contributed by atoms with van der Waals surface area (Å²) in [5.74, 6) is 2.64. The average molecular weight is 296 g/mol. The van der Waals surface area contributed by atoms with Crippen molar-refractivity contribution in [1.29, 1.82) is 0 Å². The highest BCUT2D eigenvalue weighted by Gasteiger charge is 2.08. The zero-order valence-corrected chi connectivity index (χ0v) is 12.4. The Kier molecular flexibility index (Phi) is 5.24. The fourth-order valence-electron chi connectivity index (χ4n) is 1.85. The SMILES string of the molecule is CCCn1ncnc1COc1cc(OC)ccc1CCl. The molecule has 1 heterocycles. The van der Waals surface area contributed by atoms with Gasteiger partial charge in [0.15, 0.2) is 5.82 Å². The van der Waals surface area contributed by atoms with Gasteiger partial charge < -0.3 is 9.47 Å². The maximum atomic E-state index is 5.92. The molecule has 2 rings (SSSR count). The average Bonchev–Trinajstić information content (AvgIpc) is 2.92. The van der Waals surface area contributed by atoms with E-state index in [1.807, 2.05) is 22.9 Å². The van der Waals surface area contributed by atoms with E-state index in [4.69, 9.17) is 21.1 Å². The molecule has 0 N–H and O–H groups in total. The second-order valence-electron chi connectivity index (χ2n) is 4.30. The Morgan fingerprint density at radius 3 is 2.90 bits per heavy atom. The molecule has 1 aromatic carbocycles.